The Hall–Kier alpha value is -2.58. The molecule has 1 aliphatic rings. The zero-order valence-electron chi connectivity index (χ0n) is 18.0. The normalized spacial score (nSPS) is 15.4. The van der Waals surface area contributed by atoms with Crippen molar-refractivity contribution >= 4 is 15.9 Å². The Bertz CT molecular complexity index is 971. The number of nitrogens with one attached hydrogen (secondary N) is 1. The van der Waals surface area contributed by atoms with E-state index in [1.165, 1.54) is 4.31 Å². The van der Waals surface area contributed by atoms with Crippen LogP contribution in [0.1, 0.15) is 31.7 Å². The van der Waals surface area contributed by atoms with E-state index in [0.29, 0.717) is 61.9 Å². The summed E-state index contributed by atoms with van der Waals surface area (Å²) in [6.07, 6.45) is 1.75. The second kappa shape index (κ2) is 10.6. The fourth-order valence-electron chi connectivity index (χ4n) is 3.73. The lowest BCUT2D eigenvalue weighted by Crippen LogP contribution is -2.39. The number of carbonyl (C=O) groups excluding carboxylic acids is 1. The molecule has 7 nitrogen and oxygen atoms in total. The maximum atomic E-state index is 12.7. The molecule has 0 saturated carbocycles. The molecule has 2 aromatic rings. The van der Waals surface area contributed by atoms with Crippen molar-refractivity contribution in [2.45, 2.75) is 37.6 Å². The van der Waals surface area contributed by atoms with Gasteiger partial charge < -0.3 is 14.8 Å². The van der Waals surface area contributed by atoms with E-state index in [4.69, 9.17) is 9.47 Å². The Morgan fingerprint density at radius 1 is 1.10 bits per heavy atom. The molecule has 1 heterocycles. The molecule has 0 aromatic heterocycles. The van der Waals surface area contributed by atoms with Crippen LogP contribution in [0.25, 0.3) is 0 Å². The van der Waals surface area contributed by atoms with Gasteiger partial charge in [0.15, 0.2) is 11.5 Å². The molecule has 0 spiro atoms. The largest absolute Gasteiger partial charge is 0.493 e. The number of nitrogens with zero attached hydrogens (tertiary/aromatic N) is 1. The van der Waals surface area contributed by atoms with Crippen molar-refractivity contribution in [3.05, 3.63) is 54.1 Å². The average Bonchev–Trinajstić information content (AvgIpc) is 2.79. The van der Waals surface area contributed by atoms with Crippen molar-refractivity contribution in [3.8, 4) is 11.5 Å². The van der Waals surface area contributed by atoms with Gasteiger partial charge in [0, 0.05) is 26.1 Å². The van der Waals surface area contributed by atoms with Gasteiger partial charge in [-0.05, 0) is 55.5 Å². The number of benzene rings is 2. The lowest BCUT2D eigenvalue weighted by molar-refractivity contribution is -0.122. The number of rotatable bonds is 9. The van der Waals surface area contributed by atoms with Crippen LogP contribution in [0.2, 0.25) is 0 Å². The summed E-state index contributed by atoms with van der Waals surface area (Å²) < 4.78 is 37.8. The second-order valence-electron chi connectivity index (χ2n) is 7.56. The van der Waals surface area contributed by atoms with Crippen LogP contribution in [0, 0.1) is 5.92 Å². The molecule has 1 N–H and O–H groups in total. The number of sulfonamides is 1. The lowest BCUT2D eigenvalue weighted by Gasteiger charge is -2.31. The van der Waals surface area contributed by atoms with Crippen LogP contribution in [0.3, 0.4) is 0 Å². The molecular formula is C23H30N2O5S. The van der Waals surface area contributed by atoms with E-state index in [2.05, 4.69) is 5.32 Å². The zero-order chi connectivity index (χ0) is 22.3. The molecule has 0 bridgehead atoms. The van der Waals surface area contributed by atoms with E-state index in [0.717, 1.165) is 5.56 Å². The van der Waals surface area contributed by atoms with E-state index in [1.54, 1.807) is 37.4 Å². The standard InChI is InChI=1S/C23H30N2O5S/c1-3-30-21-10-9-19(15-22(21)29-2)17-24-23(26)16-18-11-13-25(14-12-18)31(27,28)20-7-5-4-6-8-20/h4-10,15,18H,3,11-14,16-17H2,1-2H3,(H,24,26). The highest BCUT2D eigenvalue weighted by Crippen LogP contribution is 2.28. The Morgan fingerprint density at radius 3 is 2.45 bits per heavy atom. The summed E-state index contributed by atoms with van der Waals surface area (Å²) in [5.74, 6) is 1.46. The molecule has 1 amide bonds. The number of methoxy groups -OCH3 is 1. The van der Waals surface area contributed by atoms with Crippen molar-refractivity contribution in [2.24, 2.45) is 5.92 Å². The predicted octanol–water partition coefficient (Wildman–Crippen LogP) is 3.20. The summed E-state index contributed by atoms with van der Waals surface area (Å²) in [4.78, 5) is 12.7. The predicted molar refractivity (Wildman–Crippen MR) is 119 cm³/mol. The van der Waals surface area contributed by atoms with Gasteiger partial charge in [-0.15, -0.1) is 0 Å². The maximum Gasteiger partial charge on any atom is 0.243 e. The van der Waals surface area contributed by atoms with Gasteiger partial charge in [-0.25, -0.2) is 8.42 Å². The summed E-state index contributed by atoms with van der Waals surface area (Å²) in [6.45, 7) is 3.74. The number of hydrogen-bond donors (Lipinski definition) is 1. The fourth-order valence-corrected chi connectivity index (χ4v) is 5.22. The quantitative estimate of drug-likeness (QED) is 0.639. The summed E-state index contributed by atoms with van der Waals surface area (Å²) in [5, 5.41) is 2.95. The molecule has 0 radical (unpaired) electrons. The van der Waals surface area contributed by atoms with Crippen molar-refractivity contribution in [1.82, 2.24) is 9.62 Å². The number of carbonyl (C=O) groups is 1. The molecule has 168 valence electrons. The molecule has 0 aliphatic carbocycles. The van der Waals surface area contributed by atoms with Crippen molar-refractivity contribution < 1.29 is 22.7 Å². The van der Waals surface area contributed by atoms with E-state index in [9.17, 15) is 13.2 Å². The average molecular weight is 447 g/mol. The molecule has 1 saturated heterocycles. The molecular weight excluding hydrogens is 416 g/mol. The minimum Gasteiger partial charge on any atom is -0.493 e. The molecule has 31 heavy (non-hydrogen) atoms. The highest BCUT2D eigenvalue weighted by molar-refractivity contribution is 7.89. The van der Waals surface area contributed by atoms with Crippen molar-refractivity contribution in [1.29, 1.82) is 0 Å². The molecule has 8 heteroatoms. The van der Waals surface area contributed by atoms with Gasteiger partial charge in [0.1, 0.15) is 0 Å². The first-order chi connectivity index (χ1) is 14.9. The van der Waals surface area contributed by atoms with Crippen LogP contribution in [0.5, 0.6) is 11.5 Å². The van der Waals surface area contributed by atoms with Crippen LogP contribution < -0.4 is 14.8 Å². The van der Waals surface area contributed by atoms with Crippen molar-refractivity contribution in [2.75, 3.05) is 26.8 Å². The Kier molecular flexibility index (Phi) is 7.92. The van der Waals surface area contributed by atoms with Crippen LogP contribution in [0.15, 0.2) is 53.4 Å². The lowest BCUT2D eigenvalue weighted by atomic mass is 9.94. The Morgan fingerprint density at radius 2 is 1.81 bits per heavy atom. The SMILES string of the molecule is CCOc1ccc(CNC(=O)CC2CCN(S(=O)(=O)c3ccccc3)CC2)cc1OC. The van der Waals surface area contributed by atoms with E-state index < -0.39 is 10.0 Å². The number of amides is 1. The first-order valence-electron chi connectivity index (χ1n) is 10.6. The molecule has 0 atom stereocenters. The van der Waals surface area contributed by atoms with Gasteiger partial charge in [0.05, 0.1) is 18.6 Å². The van der Waals surface area contributed by atoms with Gasteiger partial charge >= 0.3 is 0 Å². The monoisotopic (exact) mass is 446 g/mol. The highest BCUT2D eigenvalue weighted by Gasteiger charge is 2.30. The summed E-state index contributed by atoms with van der Waals surface area (Å²) in [7, 11) is -1.88. The van der Waals surface area contributed by atoms with Gasteiger partial charge in [-0.3, -0.25) is 4.79 Å². The van der Waals surface area contributed by atoms with Crippen molar-refractivity contribution in [3.63, 3.8) is 0 Å². The minimum absolute atomic E-state index is 0.0304. The molecule has 3 rings (SSSR count). The number of hydrogen-bond acceptors (Lipinski definition) is 5. The summed E-state index contributed by atoms with van der Waals surface area (Å²) in [5.41, 5.74) is 0.928. The third-order valence-electron chi connectivity index (χ3n) is 5.45. The van der Waals surface area contributed by atoms with E-state index in [1.807, 2.05) is 25.1 Å². The van der Waals surface area contributed by atoms with Gasteiger partial charge in [-0.1, -0.05) is 24.3 Å². The molecule has 1 aliphatic heterocycles. The molecule has 0 unspecified atom stereocenters. The highest BCUT2D eigenvalue weighted by atomic mass is 32.2. The Labute approximate surface area is 184 Å². The minimum atomic E-state index is -3.46. The topological polar surface area (TPSA) is 84.9 Å². The second-order valence-corrected chi connectivity index (χ2v) is 9.50. The third kappa shape index (κ3) is 5.98. The summed E-state index contributed by atoms with van der Waals surface area (Å²) in [6, 6.07) is 14.1. The molecule has 2 aromatic carbocycles. The van der Waals surface area contributed by atoms with Crippen LogP contribution in [0.4, 0.5) is 0 Å². The van der Waals surface area contributed by atoms with Gasteiger partial charge in [0.2, 0.25) is 15.9 Å². The number of piperidine rings is 1. The first kappa shape index (κ1) is 23.1. The zero-order valence-corrected chi connectivity index (χ0v) is 18.9. The number of ether oxygens (including phenoxy) is 2. The third-order valence-corrected chi connectivity index (χ3v) is 7.36. The first-order valence-corrected chi connectivity index (χ1v) is 12.0. The van der Waals surface area contributed by atoms with Crippen LogP contribution in [-0.2, 0) is 21.4 Å². The maximum absolute atomic E-state index is 12.7. The smallest absolute Gasteiger partial charge is 0.243 e. The van der Waals surface area contributed by atoms with E-state index in [-0.39, 0.29) is 11.8 Å². The fraction of sp³-hybridized carbons (Fsp3) is 0.435. The summed E-state index contributed by atoms with van der Waals surface area (Å²) >= 11 is 0. The van der Waals surface area contributed by atoms with E-state index >= 15 is 0 Å². The van der Waals surface area contributed by atoms with Gasteiger partial charge in [-0.2, -0.15) is 4.31 Å². The molecule has 1 fully saturated rings. The van der Waals surface area contributed by atoms with Gasteiger partial charge in [0.25, 0.3) is 0 Å². The Balaban J connectivity index is 1.47. The van der Waals surface area contributed by atoms with Crippen LogP contribution in [-0.4, -0.2) is 45.4 Å². The van der Waals surface area contributed by atoms with Crippen LogP contribution >= 0.6 is 0 Å².